The molecule has 290 valence electrons. The van der Waals surface area contributed by atoms with Gasteiger partial charge >= 0.3 is 0 Å². The zero-order valence-electron chi connectivity index (χ0n) is 31.1. The third kappa shape index (κ3) is 9.64. The van der Waals surface area contributed by atoms with E-state index in [0.29, 0.717) is 12.8 Å². The SMILES string of the molecule is C=C[C@@H]1C[C@]1(NC(=O)[C@@H]1C[C@@H](O/N=C/c2ccccc2)C[C@H]1C(=O)N[C@@H](C(=O)N[C@@H](C(=O)NC)C1CCCCC1)C(C)(C)C)C(=O)NS(=O)(=O)C1CC1. The van der Waals surface area contributed by atoms with Crippen LogP contribution in [0.5, 0.6) is 0 Å². The predicted octanol–water partition coefficient (Wildman–Crippen LogP) is 2.44. The minimum atomic E-state index is -3.89. The molecule has 4 saturated carbocycles. The van der Waals surface area contributed by atoms with Crippen LogP contribution in [0.1, 0.15) is 90.5 Å². The molecule has 53 heavy (non-hydrogen) atoms. The molecule has 1 aromatic rings. The monoisotopic (exact) mass is 754 g/mol. The maximum atomic E-state index is 14.2. The van der Waals surface area contributed by atoms with Crippen LogP contribution in [-0.4, -0.2) is 80.2 Å². The molecule has 4 aliphatic carbocycles. The van der Waals surface area contributed by atoms with Crippen LogP contribution in [0.15, 0.2) is 48.1 Å². The van der Waals surface area contributed by atoms with Crippen LogP contribution >= 0.6 is 0 Å². The quantitative estimate of drug-likeness (QED) is 0.102. The van der Waals surface area contributed by atoms with Crippen molar-refractivity contribution in [3.05, 3.63) is 48.6 Å². The molecule has 7 atom stereocenters. The average Bonchev–Trinajstić information content (AvgIpc) is 4.06. The number of rotatable bonds is 15. The maximum absolute atomic E-state index is 14.2. The number of hydrogen-bond acceptors (Lipinski definition) is 9. The van der Waals surface area contributed by atoms with Crippen molar-refractivity contribution >= 4 is 45.8 Å². The first-order valence-electron chi connectivity index (χ1n) is 18.7. The molecule has 0 aromatic heterocycles. The molecular formula is C38H54N6O8S. The topological polar surface area (TPSA) is 201 Å². The Kier molecular flexibility index (Phi) is 12.4. The summed E-state index contributed by atoms with van der Waals surface area (Å²) in [6.45, 7) is 9.16. The van der Waals surface area contributed by atoms with Crippen molar-refractivity contribution in [1.82, 2.24) is 26.0 Å². The van der Waals surface area contributed by atoms with E-state index in [9.17, 15) is 32.4 Å². The van der Waals surface area contributed by atoms with Gasteiger partial charge in [-0.05, 0) is 61.8 Å². The summed E-state index contributed by atoms with van der Waals surface area (Å²) in [4.78, 5) is 74.4. The summed E-state index contributed by atoms with van der Waals surface area (Å²) in [5, 5.41) is 14.7. The summed E-state index contributed by atoms with van der Waals surface area (Å²) in [5.74, 6) is -5.39. The summed E-state index contributed by atoms with van der Waals surface area (Å²) < 4.78 is 27.4. The summed E-state index contributed by atoms with van der Waals surface area (Å²) in [5.41, 5.74) is -1.53. The fraction of sp³-hybridized carbons (Fsp3) is 0.632. The molecule has 0 spiro atoms. The molecular weight excluding hydrogens is 701 g/mol. The van der Waals surface area contributed by atoms with Crippen LogP contribution in [-0.2, 0) is 38.8 Å². The number of likely N-dealkylation sites (N-methyl/N-ethyl adjacent to an activating group) is 1. The minimum absolute atomic E-state index is 0.0353. The Labute approximate surface area is 312 Å². The Morgan fingerprint density at radius 1 is 0.925 bits per heavy atom. The molecule has 5 amide bonds. The second kappa shape index (κ2) is 16.4. The molecule has 14 nitrogen and oxygen atoms in total. The lowest BCUT2D eigenvalue weighted by molar-refractivity contribution is -0.139. The summed E-state index contributed by atoms with van der Waals surface area (Å²) in [6.07, 6.45) is 8.18. The fourth-order valence-electron chi connectivity index (χ4n) is 7.58. The van der Waals surface area contributed by atoms with E-state index in [1.54, 1.807) is 20.8 Å². The number of nitrogens with zero attached hydrogens (tertiary/aromatic N) is 1. The Bertz CT molecular complexity index is 1680. The van der Waals surface area contributed by atoms with Crippen molar-refractivity contribution in [3.63, 3.8) is 0 Å². The second-order valence-electron chi connectivity index (χ2n) is 16.0. The van der Waals surface area contributed by atoms with Gasteiger partial charge in [-0.25, -0.2) is 8.42 Å². The number of oxime groups is 1. The number of amides is 5. The largest absolute Gasteiger partial charge is 0.392 e. The van der Waals surface area contributed by atoms with Crippen molar-refractivity contribution in [2.24, 2.45) is 34.2 Å². The van der Waals surface area contributed by atoms with Crippen LogP contribution in [0.2, 0.25) is 0 Å². The highest BCUT2D eigenvalue weighted by Gasteiger charge is 2.62. The van der Waals surface area contributed by atoms with Crippen LogP contribution in [0.25, 0.3) is 0 Å². The van der Waals surface area contributed by atoms with Gasteiger partial charge in [-0.15, -0.1) is 6.58 Å². The average molecular weight is 755 g/mol. The van der Waals surface area contributed by atoms with Crippen molar-refractivity contribution in [3.8, 4) is 0 Å². The molecule has 0 radical (unpaired) electrons. The molecule has 0 bridgehead atoms. The smallest absolute Gasteiger partial charge is 0.259 e. The lowest BCUT2D eigenvalue weighted by Gasteiger charge is -2.35. The van der Waals surface area contributed by atoms with E-state index in [0.717, 1.165) is 37.7 Å². The molecule has 0 saturated heterocycles. The first-order chi connectivity index (χ1) is 25.1. The highest BCUT2D eigenvalue weighted by molar-refractivity contribution is 7.91. The third-order valence-corrected chi connectivity index (χ3v) is 12.8. The zero-order chi connectivity index (χ0) is 38.6. The van der Waals surface area contributed by atoms with E-state index in [2.05, 4.69) is 37.7 Å². The number of nitrogens with one attached hydrogen (secondary N) is 5. The van der Waals surface area contributed by atoms with Gasteiger partial charge in [-0.2, -0.15) is 0 Å². The maximum Gasteiger partial charge on any atom is 0.259 e. The Morgan fingerprint density at radius 3 is 2.13 bits per heavy atom. The zero-order valence-corrected chi connectivity index (χ0v) is 31.9. The van der Waals surface area contributed by atoms with E-state index in [-0.39, 0.29) is 31.1 Å². The van der Waals surface area contributed by atoms with Gasteiger partial charge in [0.05, 0.1) is 23.3 Å². The molecule has 1 aromatic carbocycles. The fourth-order valence-corrected chi connectivity index (χ4v) is 8.95. The van der Waals surface area contributed by atoms with E-state index < -0.39 is 85.8 Å². The van der Waals surface area contributed by atoms with E-state index >= 15 is 0 Å². The van der Waals surface area contributed by atoms with Gasteiger partial charge in [0.15, 0.2) is 0 Å². The van der Waals surface area contributed by atoms with E-state index in [1.807, 2.05) is 30.3 Å². The van der Waals surface area contributed by atoms with E-state index in [1.165, 1.54) is 19.3 Å². The van der Waals surface area contributed by atoms with Crippen LogP contribution < -0.4 is 26.0 Å². The van der Waals surface area contributed by atoms with Gasteiger partial charge in [-0.1, -0.05) is 81.6 Å². The standard InChI is InChI=1S/C38H54N6O8S/c1-6-25-21-38(25,36(49)44-53(50,51)27-17-18-27)43-33(46)29-20-26(52-40-22-23-13-9-7-10-14-23)19-28(29)32(45)42-31(37(2,3)4)35(48)41-30(34(47)39-5)24-15-11-8-12-16-24/h6-7,9-10,13-14,22,24-31H,1,8,11-12,15-21H2,2-5H3,(H,39,47)(H,41,48)(H,42,45)(H,43,46)(H,44,49)/b40-22+/t25-,26+,28-,29-,30-,31+,38-/m1/s1. The predicted molar refractivity (Wildman–Crippen MR) is 198 cm³/mol. The summed E-state index contributed by atoms with van der Waals surface area (Å²) >= 11 is 0. The third-order valence-electron chi connectivity index (χ3n) is 11.0. The van der Waals surface area contributed by atoms with Gasteiger partial charge < -0.3 is 26.1 Å². The number of carbonyl (C=O) groups excluding carboxylic acids is 5. The van der Waals surface area contributed by atoms with Crippen LogP contribution in [0.3, 0.4) is 0 Å². The highest BCUT2D eigenvalue weighted by atomic mass is 32.2. The minimum Gasteiger partial charge on any atom is -0.392 e. The van der Waals surface area contributed by atoms with Crippen molar-refractivity contribution in [2.75, 3.05) is 7.05 Å². The van der Waals surface area contributed by atoms with Crippen LogP contribution in [0, 0.1) is 29.1 Å². The van der Waals surface area contributed by atoms with Crippen molar-refractivity contribution in [1.29, 1.82) is 0 Å². The van der Waals surface area contributed by atoms with Gasteiger partial charge in [-0.3, -0.25) is 28.7 Å². The normalized spacial score (nSPS) is 27.2. The Balaban J connectivity index is 1.35. The lowest BCUT2D eigenvalue weighted by Crippen LogP contribution is -2.60. The molecule has 5 rings (SSSR count). The molecule has 0 heterocycles. The summed E-state index contributed by atoms with van der Waals surface area (Å²) in [7, 11) is -2.36. The van der Waals surface area contributed by atoms with Gasteiger partial charge in [0.1, 0.15) is 23.7 Å². The molecule has 0 unspecified atom stereocenters. The molecule has 15 heteroatoms. The molecule has 0 aliphatic heterocycles. The molecule has 4 fully saturated rings. The molecule has 5 N–H and O–H groups in total. The molecule has 4 aliphatic rings. The Morgan fingerprint density at radius 2 is 1.57 bits per heavy atom. The lowest BCUT2D eigenvalue weighted by atomic mass is 9.82. The number of sulfonamides is 1. The van der Waals surface area contributed by atoms with Crippen molar-refractivity contribution < 1.29 is 37.2 Å². The Hall–Kier alpha value is -4.27. The van der Waals surface area contributed by atoms with Crippen molar-refractivity contribution in [2.45, 2.75) is 114 Å². The van der Waals surface area contributed by atoms with Gasteiger partial charge in [0.2, 0.25) is 33.7 Å². The summed E-state index contributed by atoms with van der Waals surface area (Å²) in [6, 6.07) is 7.42. The highest BCUT2D eigenvalue weighted by Crippen LogP contribution is 2.46. The first kappa shape index (κ1) is 39.9. The van der Waals surface area contributed by atoms with Gasteiger partial charge in [0.25, 0.3) is 5.91 Å². The number of carbonyl (C=O) groups is 5. The first-order valence-corrected chi connectivity index (χ1v) is 20.2. The van der Waals surface area contributed by atoms with E-state index in [4.69, 9.17) is 4.84 Å². The second-order valence-corrected chi connectivity index (χ2v) is 18.0. The number of benzene rings is 1. The van der Waals surface area contributed by atoms with Gasteiger partial charge in [0, 0.05) is 13.0 Å². The number of hydrogen-bond donors (Lipinski definition) is 5. The van der Waals surface area contributed by atoms with Crippen LogP contribution in [0.4, 0.5) is 0 Å².